The van der Waals surface area contributed by atoms with Gasteiger partial charge in [0, 0.05) is 12.3 Å². The van der Waals surface area contributed by atoms with E-state index in [0.717, 1.165) is 19.3 Å². The third kappa shape index (κ3) is 5.80. The number of quaternary nitrogens is 1. The first-order valence-electron chi connectivity index (χ1n) is 6.52. The monoisotopic (exact) mass is 233 g/mol. The maximum atomic E-state index is 11.2. The second-order valence-corrected chi connectivity index (χ2v) is 4.58. The molecule has 0 aliphatic carbocycles. The zero-order valence-electron chi connectivity index (χ0n) is 10.9. The molecule has 2 unspecified atom stereocenters. The van der Waals surface area contributed by atoms with Crippen LogP contribution in [0.15, 0.2) is 0 Å². The largest absolute Gasteiger partial charge is 0.564 e. The van der Waals surface area contributed by atoms with Gasteiger partial charge in [0.2, 0.25) is 0 Å². The lowest BCUT2D eigenvalue weighted by Gasteiger charge is -2.36. The van der Waals surface area contributed by atoms with Crippen LogP contribution >= 0.6 is 0 Å². The molecule has 2 N–H and O–H groups in total. The van der Waals surface area contributed by atoms with Crippen molar-refractivity contribution >= 4 is 0 Å². The van der Waals surface area contributed by atoms with Crippen molar-refractivity contribution in [3.05, 3.63) is 5.21 Å². The minimum atomic E-state index is -2.12. The van der Waals surface area contributed by atoms with Gasteiger partial charge >= 0.3 is 0 Å². The highest BCUT2D eigenvalue weighted by atomic mass is 17.1. The molecule has 16 heavy (non-hydrogen) atoms. The zero-order chi connectivity index (χ0) is 12.6. The van der Waals surface area contributed by atoms with Crippen molar-refractivity contribution in [1.29, 1.82) is 0 Å². The molecule has 0 aliphatic heterocycles. The molecule has 0 spiro atoms. The van der Waals surface area contributed by atoms with Crippen LogP contribution in [0.4, 0.5) is 0 Å². The van der Waals surface area contributed by atoms with E-state index in [0.29, 0.717) is 6.42 Å². The average Bonchev–Trinajstić information content (AvgIpc) is 2.20. The minimum Gasteiger partial charge on any atom is -0.564 e. The van der Waals surface area contributed by atoms with Gasteiger partial charge in [0.15, 0.2) is 6.04 Å². The molecule has 0 saturated carbocycles. The van der Waals surface area contributed by atoms with Gasteiger partial charge in [-0.05, 0) is 12.8 Å². The normalized spacial score (nSPS) is 16.1. The van der Waals surface area contributed by atoms with Crippen molar-refractivity contribution in [2.45, 2.75) is 71.8 Å². The fourth-order valence-corrected chi connectivity index (χ4v) is 2.35. The Hall–Kier alpha value is -0.160. The Bertz CT molecular complexity index is 168. The first-order chi connectivity index (χ1) is 7.47. The van der Waals surface area contributed by atoms with E-state index in [1.807, 2.05) is 13.8 Å². The molecule has 0 bridgehead atoms. The number of rotatable bonds is 9. The lowest BCUT2D eigenvalue weighted by atomic mass is 9.89. The van der Waals surface area contributed by atoms with Gasteiger partial charge in [0.05, 0.1) is 0 Å². The predicted octanol–water partition coefficient (Wildman–Crippen LogP) is 3.85. The molecule has 4 nitrogen and oxygen atoms in total. The molecule has 98 valence electrons. The summed E-state index contributed by atoms with van der Waals surface area (Å²) in [6.45, 7) is 5.99. The minimum absolute atomic E-state index is 0.106. The van der Waals surface area contributed by atoms with Gasteiger partial charge in [-0.1, -0.05) is 51.4 Å². The second kappa shape index (κ2) is 8.01. The summed E-state index contributed by atoms with van der Waals surface area (Å²) in [5.74, 6) is 0.106. The molecule has 0 heterocycles. The maximum absolute atomic E-state index is 11.2. The maximum Gasteiger partial charge on any atom is 0.154 e. The van der Waals surface area contributed by atoms with E-state index in [-0.39, 0.29) is 5.92 Å². The summed E-state index contributed by atoms with van der Waals surface area (Å²) in [7, 11) is 0. The van der Waals surface area contributed by atoms with Crippen LogP contribution in [0.2, 0.25) is 0 Å². The highest BCUT2D eigenvalue weighted by molar-refractivity contribution is 4.67. The molecule has 0 aromatic rings. The number of hydroxylamine groups is 3. The Morgan fingerprint density at radius 1 is 1.00 bits per heavy atom. The van der Waals surface area contributed by atoms with Crippen LogP contribution in [0.5, 0.6) is 0 Å². The molecule has 0 aromatic heterocycles. The van der Waals surface area contributed by atoms with Crippen LogP contribution < -0.4 is 0 Å². The fourth-order valence-electron chi connectivity index (χ4n) is 2.35. The van der Waals surface area contributed by atoms with E-state index in [2.05, 4.69) is 6.92 Å². The summed E-state index contributed by atoms with van der Waals surface area (Å²) in [5, 5.41) is 29.4. The van der Waals surface area contributed by atoms with Crippen molar-refractivity contribution in [2.24, 2.45) is 5.92 Å². The van der Waals surface area contributed by atoms with Gasteiger partial charge in [-0.25, -0.2) is 0 Å². The topological polar surface area (TPSA) is 63.5 Å². The van der Waals surface area contributed by atoms with Crippen molar-refractivity contribution in [2.75, 3.05) is 0 Å². The Kier molecular flexibility index (Phi) is 7.93. The number of unbranched alkanes of at least 4 members (excludes halogenated alkanes) is 3. The van der Waals surface area contributed by atoms with Crippen LogP contribution in [-0.4, -0.2) is 21.4 Å². The Morgan fingerprint density at radius 2 is 1.62 bits per heavy atom. The molecular weight excluding hydrogens is 206 g/mol. The Morgan fingerprint density at radius 3 is 2.00 bits per heavy atom. The van der Waals surface area contributed by atoms with E-state index in [1.54, 1.807) is 0 Å². The molecule has 2 atom stereocenters. The van der Waals surface area contributed by atoms with Crippen molar-refractivity contribution in [3.8, 4) is 0 Å². The first kappa shape index (κ1) is 15.8. The van der Waals surface area contributed by atoms with E-state index in [9.17, 15) is 5.21 Å². The van der Waals surface area contributed by atoms with E-state index in [4.69, 9.17) is 10.4 Å². The number of nitrogens with zero attached hydrogens (tertiary/aromatic N) is 1. The van der Waals surface area contributed by atoms with E-state index in [1.165, 1.54) is 19.3 Å². The van der Waals surface area contributed by atoms with Gasteiger partial charge in [-0.3, -0.25) is 0 Å². The fraction of sp³-hybridized carbons (Fsp3) is 1.00. The van der Waals surface area contributed by atoms with Gasteiger partial charge in [0.25, 0.3) is 0 Å². The van der Waals surface area contributed by atoms with Gasteiger partial charge in [-0.15, -0.1) is 0 Å². The molecule has 0 radical (unpaired) electrons. The molecule has 0 aliphatic rings. The highest BCUT2D eigenvalue weighted by Gasteiger charge is 2.32. The third-order valence-corrected chi connectivity index (χ3v) is 3.35. The molecular formula is C12H27NO3. The Balaban J connectivity index is 4.13. The summed E-state index contributed by atoms with van der Waals surface area (Å²) in [4.78, 5) is -2.12. The van der Waals surface area contributed by atoms with E-state index >= 15 is 0 Å². The van der Waals surface area contributed by atoms with Crippen LogP contribution in [-0.2, 0) is 0 Å². The van der Waals surface area contributed by atoms with Crippen LogP contribution in [0, 0.1) is 11.1 Å². The number of hydrogen-bond donors (Lipinski definition) is 2. The van der Waals surface area contributed by atoms with Gasteiger partial charge in [0.1, 0.15) is 0 Å². The standard InChI is InChI=1S/C12H27NO3/c1-4-7-8-9-10-11(5-2)12(6-3)13(14,15)16/h11-12,14-15H,4-10H2,1-3H3. The Labute approximate surface area is 99.0 Å². The van der Waals surface area contributed by atoms with Gasteiger partial charge < -0.3 is 5.21 Å². The summed E-state index contributed by atoms with van der Waals surface area (Å²) in [5.41, 5.74) is 0. The van der Waals surface area contributed by atoms with Crippen molar-refractivity contribution in [3.63, 3.8) is 0 Å². The van der Waals surface area contributed by atoms with Crippen LogP contribution in [0.25, 0.3) is 0 Å². The highest BCUT2D eigenvalue weighted by Crippen LogP contribution is 2.26. The van der Waals surface area contributed by atoms with Gasteiger partial charge in [-0.2, -0.15) is 10.4 Å². The SMILES string of the molecule is CCCCCCC(CC)C(CC)[N+]([O-])(O)O. The van der Waals surface area contributed by atoms with Crippen molar-refractivity contribution in [1.82, 2.24) is 0 Å². The van der Waals surface area contributed by atoms with E-state index < -0.39 is 11.0 Å². The molecule has 0 amide bonds. The summed E-state index contributed by atoms with van der Waals surface area (Å²) in [6, 6.07) is -0.605. The summed E-state index contributed by atoms with van der Waals surface area (Å²) < 4.78 is 0. The predicted molar refractivity (Wildman–Crippen MR) is 63.8 cm³/mol. The smallest absolute Gasteiger partial charge is 0.154 e. The van der Waals surface area contributed by atoms with Crippen molar-refractivity contribution < 1.29 is 15.4 Å². The molecule has 0 fully saturated rings. The third-order valence-electron chi connectivity index (χ3n) is 3.35. The lowest BCUT2D eigenvalue weighted by Crippen LogP contribution is -2.48. The molecule has 0 aromatic carbocycles. The average molecular weight is 233 g/mol. The molecule has 0 rings (SSSR count). The quantitative estimate of drug-likeness (QED) is 0.361. The van der Waals surface area contributed by atoms with Crippen LogP contribution in [0.1, 0.15) is 65.7 Å². The lowest BCUT2D eigenvalue weighted by molar-refractivity contribution is -1.23. The molecule has 0 saturated heterocycles. The summed E-state index contributed by atoms with van der Waals surface area (Å²) >= 11 is 0. The second-order valence-electron chi connectivity index (χ2n) is 4.58. The molecule has 4 heteroatoms. The number of hydrogen-bond acceptors (Lipinski definition) is 3. The zero-order valence-corrected chi connectivity index (χ0v) is 10.9. The first-order valence-corrected chi connectivity index (χ1v) is 6.52. The summed E-state index contributed by atoms with van der Waals surface area (Å²) in [6.07, 6.45) is 6.88. The van der Waals surface area contributed by atoms with Crippen LogP contribution in [0.3, 0.4) is 0 Å².